The van der Waals surface area contributed by atoms with Crippen LogP contribution in [0.4, 0.5) is 9.18 Å². The van der Waals surface area contributed by atoms with Crippen LogP contribution in [0.5, 0.6) is 5.75 Å². The molecule has 4 aromatic rings. The zero-order valence-corrected chi connectivity index (χ0v) is 28.6. The summed E-state index contributed by atoms with van der Waals surface area (Å²) in [6.07, 6.45) is 2.64. The average molecular weight is 644 g/mol. The molecule has 2 N–H and O–H groups in total. The number of alkyl carbamates (subject to hydrolysis) is 1. The number of carboxylic acid groups (broad SMARTS) is 1. The van der Waals surface area contributed by atoms with Crippen LogP contribution in [0.25, 0.3) is 11.1 Å². The number of halogens is 1. The van der Waals surface area contributed by atoms with Gasteiger partial charge in [-0.2, -0.15) is 5.10 Å². The molecule has 0 radical (unpaired) electrons. The quantitative estimate of drug-likeness (QED) is 0.170. The van der Waals surface area contributed by atoms with Crippen molar-refractivity contribution in [2.45, 2.75) is 85.5 Å². The van der Waals surface area contributed by atoms with Gasteiger partial charge >= 0.3 is 12.1 Å². The fourth-order valence-corrected chi connectivity index (χ4v) is 5.67. The monoisotopic (exact) mass is 643 g/mol. The maximum absolute atomic E-state index is 16.2. The standard InChI is InChI=1S/C38H46FN3O5/c1-24(40-36(45)47-38(5,6)7)29-13-11-14-30(34(29)39)27-21-25(16-17-28-18-19-42(8)41-28)20-26(22-27)23-46-32-15-10-9-12-31(32)33(35(43)44)37(2,3)4/h9-15,18-22,24,33H,16-17,23H2,1-8H3,(H,40,45)(H,43,44)/t24?,33-/m1/s1. The summed E-state index contributed by atoms with van der Waals surface area (Å²) in [5.74, 6) is -1.64. The molecule has 0 spiro atoms. The number of carbonyl (C=O) groups is 2. The van der Waals surface area contributed by atoms with Crippen LogP contribution in [-0.4, -0.2) is 32.6 Å². The lowest BCUT2D eigenvalue weighted by Crippen LogP contribution is -2.34. The lowest BCUT2D eigenvalue weighted by atomic mass is 9.76. The largest absolute Gasteiger partial charge is 0.489 e. The second-order valence-corrected chi connectivity index (χ2v) is 14.1. The molecular weight excluding hydrogens is 597 g/mol. The maximum Gasteiger partial charge on any atom is 0.408 e. The average Bonchev–Trinajstić information content (AvgIpc) is 3.38. The lowest BCUT2D eigenvalue weighted by Gasteiger charge is -2.28. The first-order chi connectivity index (χ1) is 22.0. The molecule has 250 valence electrons. The Bertz CT molecular complexity index is 1720. The summed E-state index contributed by atoms with van der Waals surface area (Å²) in [6, 6.07) is 19.6. The highest BCUT2D eigenvalue weighted by molar-refractivity contribution is 5.78. The number of nitrogens with one attached hydrogen (secondary N) is 1. The van der Waals surface area contributed by atoms with Gasteiger partial charge in [0.25, 0.3) is 0 Å². The lowest BCUT2D eigenvalue weighted by molar-refractivity contribution is -0.141. The van der Waals surface area contributed by atoms with E-state index >= 15 is 4.39 Å². The Morgan fingerprint density at radius 2 is 1.62 bits per heavy atom. The number of amides is 1. The molecule has 9 heteroatoms. The van der Waals surface area contributed by atoms with Crippen molar-refractivity contribution < 1.29 is 28.6 Å². The number of rotatable bonds is 11. The van der Waals surface area contributed by atoms with Gasteiger partial charge in [0.2, 0.25) is 0 Å². The van der Waals surface area contributed by atoms with Crippen molar-refractivity contribution in [3.05, 3.63) is 107 Å². The molecule has 8 nitrogen and oxygen atoms in total. The van der Waals surface area contributed by atoms with Gasteiger partial charge in [-0.05, 0) is 80.8 Å². The Balaban J connectivity index is 1.68. The number of carbonyl (C=O) groups excluding carboxylic acids is 1. The third-order valence-corrected chi connectivity index (χ3v) is 7.77. The Hall–Kier alpha value is -4.66. The zero-order valence-electron chi connectivity index (χ0n) is 28.6. The first-order valence-electron chi connectivity index (χ1n) is 15.9. The van der Waals surface area contributed by atoms with Gasteiger partial charge in [0.05, 0.1) is 17.7 Å². The molecule has 3 aromatic carbocycles. The number of hydrogen-bond donors (Lipinski definition) is 2. The predicted molar refractivity (Wildman–Crippen MR) is 181 cm³/mol. The normalized spacial score (nSPS) is 13.1. The van der Waals surface area contributed by atoms with Crippen LogP contribution in [0.3, 0.4) is 0 Å². The summed E-state index contributed by atoms with van der Waals surface area (Å²) in [7, 11) is 1.88. The molecule has 1 amide bonds. The maximum atomic E-state index is 16.2. The van der Waals surface area contributed by atoms with Crippen molar-refractivity contribution in [2.75, 3.05) is 0 Å². The number of nitrogens with zero attached hydrogens (tertiary/aromatic N) is 2. The summed E-state index contributed by atoms with van der Waals surface area (Å²) < 4.78 is 29.6. The van der Waals surface area contributed by atoms with Crippen molar-refractivity contribution in [1.29, 1.82) is 0 Å². The first-order valence-corrected chi connectivity index (χ1v) is 15.9. The number of carboxylic acids is 1. The minimum atomic E-state index is -0.918. The number of aromatic nitrogens is 2. The Morgan fingerprint density at radius 1 is 0.936 bits per heavy atom. The van der Waals surface area contributed by atoms with Gasteiger partial charge in [-0.3, -0.25) is 9.48 Å². The summed E-state index contributed by atoms with van der Waals surface area (Å²) in [5.41, 5.74) is 3.50. The molecule has 0 aliphatic carbocycles. The van der Waals surface area contributed by atoms with Crippen molar-refractivity contribution in [2.24, 2.45) is 12.5 Å². The summed E-state index contributed by atoms with van der Waals surface area (Å²) >= 11 is 0. The molecule has 0 aliphatic heterocycles. The molecule has 0 aliphatic rings. The van der Waals surface area contributed by atoms with E-state index in [-0.39, 0.29) is 6.61 Å². The second kappa shape index (κ2) is 14.4. The van der Waals surface area contributed by atoms with Crippen LogP contribution in [0.1, 0.15) is 88.4 Å². The molecule has 1 heterocycles. The SMILES string of the molecule is CC(NC(=O)OC(C)(C)C)c1cccc(-c2cc(CCc3ccn(C)n3)cc(COc3ccccc3[C@H](C(=O)O)C(C)(C)C)c2)c1F. The van der Waals surface area contributed by atoms with E-state index in [4.69, 9.17) is 9.47 Å². The highest BCUT2D eigenvalue weighted by Gasteiger charge is 2.34. The first kappa shape index (κ1) is 35.2. The highest BCUT2D eigenvalue weighted by atomic mass is 19.1. The van der Waals surface area contributed by atoms with Crippen LogP contribution in [-0.2, 0) is 36.0 Å². The summed E-state index contributed by atoms with van der Waals surface area (Å²) in [5, 5.41) is 17.3. The molecule has 4 rings (SSSR count). The van der Waals surface area contributed by atoms with E-state index in [0.717, 1.165) is 16.8 Å². The van der Waals surface area contributed by atoms with E-state index in [0.29, 0.717) is 40.8 Å². The van der Waals surface area contributed by atoms with Crippen LogP contribution in [0, 0.1) is 11.2 Å². The van der Waals surface area contributed by atoms with E-state index in [1.54, 1.807) is 62.7 Å². The number of aryl methyl sites for hydroxylation is 3. The van der Waals surface area contributed by atoms with Crippen LogP contribution in [0.15, 0.2) is 72.9 Å². The van der Waals surface area contributed by atoms with E-state index in [1.807, 2.05) is 70.4 Å². The third-order valence-electron chi connectivity index (χ3n) is 7.77. The molecular formula is C38H46FN3O5. The van der Waals surface area contributed by atoms with E-state index < -0.39 is 40.9 Å². The van der Waals surface area contributed by atoms with Crippen molar-refractivity contribution in [1.82, 2.24) is 15.1 Å². The number of para-hydroxylation sites is 1. The molecule has 0 saturated heterocycles. The van der Waals surface area contributed by atoms with Gasteiger partial charge in [-0.15, -0.1) is 0 Å². The van der Waals surface area contributed by atoms with Crippen molar-refractivity contribution in [3.8, 4) is 16.9 Å². The van der Waals surface area contributed by atoms with E-state index in [2.05, 4.69) is 10.4 Å². The van der Waals surface area contributed by atoms with Crippen LogP contribution < -0.4 is 10.1 Å². The zero-order chi connectivity index (χ0) is 34.5. The van der Waals surface area contributed by atoms with Gasteiger partial charge in [0.1, 0.15) is 23.8 Å². The minimum Gasteiger partial charge on any atom is -0.489 e. The number of benzene rings is 3. The van der Waals surface area contributed by atoms with Gasteiger partial charge < -0.3 is 19.9 Å². The van der Waals surface area contributed by atoms with Crippen LogP contribution in [0.2, 0.25) is 0 Å². The Morgan fingerprint density at radius 3 is 2.26 bits per heavy atom. The van der Waals surface area contributed by atoms with E-state index in [1.165, 1.54) is 0 Å². The third kappa shape index (κ3) is 9.44. The predicted octanol–water partition coefficient (Wildman–Crippen LogP) is 8.39. The Labute approximate surface area is 276 Å². The smallest absolute Gasteiger partial charge is 0.408 e. The van der Waals surface area contributed by atoms with E-state index in [9.17, 15) is 14.7 Å². The molecule has 47 heavy (non-hydrogen) atoms. The highest BCUT2D eigenvalue weighted by Crippen LogP contribution is 2.40. The van der Waals surface area contributed by atoms with Gasteiger partial charge in [0.15, 0.2) is 0 Å². The molecule has 0 fully saturated rings. The topological polar surface area (TPSA) is 103 Å². The second-order valence-electron chi connectivity index (χ2n) is 14.1. The summed E-state index contributed by atoms with van der Waals surface area (Å²) in [4.78, 5) is 24.7. The molecule has 0 bridgehead atoms. The summed E-state index contributed by atoms with van der Waals surface area (Å²) in [6.45, 7) is 12.9. The van der Waals surface area contributed by atoms with Gasteiger partial charge in [-0.25, -0.2) is 9.18 Å². The number of aliphatic carboxylic acids is 1. The molecule has 2 atom stereocenters. The number of ether oxygens (including phenoxy) is 2. The van der Waals surface area contributed by atoms with Crippen molar-refractivity contribution in [3.63, 3.8) is 0 Å². The fourth-order valence-electron chi connectivity index (χ4n) is 5.67. The fraction of sp³-hybridized carbons (Fsp3) is 0.395. The molecule has 1 unspecified atom stereocenters. The van der Waals surface area contributed by atoms with Crippen molar-refractivity contribution >= 4 is 12.1 Å². The molecule has 1 aromatic heterocycles. The number of hydrogen-bond acceptors (Lipinski definition) is 5. The van der Waals surface area contributed by atoms with Gasteiger partial charge in [-0.1, -0.05) is 69.3 Å². The molecule has 0 saturated carbocycles. The minimum absolute atomic E-state index is 0.149. The Kier molecular flexibility index (Phi) is 10.8. The van der Waals surface area contributed by atoms with Gasteiger partial charge in [0, 0.05) is 29.9 Å². The van der Waals surface area contributed by atoms with Crippen LogP contribution >= 0.6 is 0 Å².